The Kier molecular flexibility index (Phi) is 4.43. The van der Waals surface area contributed by atoms with Gasteiger partial charge in [0, 0.05) is 22.1 Å². The molecule has 138 valence electrons. The fourth-order valence-electron chi connectivity index (χ4n) is 3.07. The number of carbonyl (C=O) groups excluding carboxylic acids is 1. The van der Waals surface area contributed by atoms with Gasteiger partial charge in [-0.25, -0.2) is 4.98 Å². The molecule has 0 atom stereocenters. The van der Waals surface area contributed by atoms with Crippen molar-refractivity contribution >= 4 is 16.7 Å². The van der Waals surface area contributed by atoms with Crippen molar-refractivity contribution in [2.45, 2.75) is 6.18 Å². The Labute approximate surface area is 159 Å². The van der Waals surface area contributed by atoms with E-state index in [9.17, 15) is 18.0 Å². The highest BCUT2D eigenvalue weighted by molar-refractivity contribution is 6.13. The molecule has 0 aliphatic heterocycles. The molecule has 0 fully saturated rings. The second kappa shape index (κ2) is 6.93. The van der Waals surface area contributed by atoms with Gasteiger partial charge in [0.05, 0.1) is 16.8 Å². The summed E-state index contributed by atoms with van der Waals surface area (Å²) in [7, 11) is 0. The maximum absolute atomic E-state index is 13.1. The summed E-state index contributed by atoms with van der Waals surface area (Å²) < 4.78 is 38.4. The minimum Gasteiger partial charge on any atom is -0.289 e. The van der Waals surface area contributed by atoms with Crippen molar-refractivity contribution in [3.63, 3.8) is 0 Å². The molecule has 4 aromatic rings. The fourth-order valence-corrected chi connectivity index (χ4v) is 3.07. The van der Waals surface area contributed by atoms with E-state index in [1.165, 1.54) is 12.1 Å². The van der Waals surface area contributed by atoms with Gasteiger partial charge in [-0.15, -0.1) is 0 Å². The minimum absolute atomic E-state index is 0.183. The predicted molar refractivity (Wildman–Crippen MR) is 102 cm³/mol. The lowest BCUT2D eigenvalue weighted by Gasteiger charge is -2.11. The normalized spacial score (nSPS) is 11.5. The smallest absolute Gasteiger partial charge is 0.289 e. The maximum Gasteiger partial charge on any atom is 0.416 e. The minimum atomic E-state index is -4.44. The number of benzene rings is 3. The van der Waals surface area contributed by atoms with Crippen LogP contribution in [0.2, 0.25) is 0 Å². The van der Waals surface area contributed by atoms with E-state index in [0.29, 0.717) is 11.3 Å². The first kappa shape index (κ1) is 17.9. The quantitative estimate of drug-likeness (QED) is 0.401. The molecule has 0 amide bonds. The van der Waals surface area contributed by atoms with Gasteiger partial charge in [0.2, 0.25) is 0 Å². The van der Waals surface area contributed by atoms with E-state index in [4.69, 9.17) is 0 Å². The largest absolute Gasteiger partial charge is 0.416 e. The molecule has 4 rings (SSSR count). The first-order chi connectivity index (χ1) is 13.4. The Morgan fingerprint density at radius 2 is 1.43 bits per heavy atom. The van der Waals surface area contributed by atoms with E-state index >= 15 is 0 Å². The van der Waals surface area contributed by atoms with Crippen molar-refractivity contribution in [3.05, 3.63) is 102 Å². The lowest BCUT2D eigenvalue weighted by Crippen LogP contribution is -2.08. The number of nitrogens with zero attached hydrogens (tertiary/aromatic N) is 1. The molecule has 0 aliphatic rings. The van der Waals surface area contributed by atoms with Crippen LogP contribution in [-0.2, 0) is 6.18 Å². The van der Waals surface area contributed by atoms with E-state index in [1.54, 1.807) is 6.07 Å². The number of hydrogen-bond acceptors (Lipinski definition) is 2. The van der Waals surface area contributed by atoms with Gasteiger partial charge in [-0.3, -0.25) is 4.79 Å². The molecule has 0 aliphatic carbocycles. The molecule has 0 radical (unpaired) electrons. The van der Waals surface area contributed by atoms with Crippen molar-refractivity contribution < 1.29 is 18.0 Å². The summed E-state index contributed by atoms with van der Waals surface area (Å²) in [4.78, 5) is 17.8. The van der Waals surface area contributed by atoms with Crippen LogP contribution in [0.3, 0.4) is 0 Å². The second-order valence-corrected chi connectivity index (χ2v) is 6.35. The molecule has 2 nitrogen and oxygen atoms in total. The van der Waals surface area contributed by atoms with Crippen molar-refractivity contribution in [1.82, 2.24) is 4.98 Å². The van der Waals surface area contributed by atoms with Crippen LogP contribution in [0.25, 0.3) is 22.2 Å². The number of rotatable bonds is 3. The Bertz CT molecular complexity index is 1150. The Morgan fingerprint density at radius 3 is 2.11 bits per heavy atom. The lowest BCUT2D eigenvalue weighted by atomic mass is 9.96. The van der Waals surface area contributed by atoms with E-state index in [1.807, 2.05) is 54.6 Å². The zero-order chi connectivity index (χ0) is 19.7. The van der Waals surface area contributed by atoms with Crippen LogP contribution in [0, 0.1) is 0 Å². The van der Waals surface area contributed by atoms with Crippen LogP contribution in [0.5, 0.6) is 0 Å². The van der Waals surface area contributed by atoms with Crippen LogP contribution >= 0.6 is 0 Å². The highest BCUT2D eigenvalue weighted by Gasteiger charge is 2.30. The highest BCUT2D eigenvalue weighted by Crippen LogP contribution is 2.31. The van der Waals surface area contributed by atoms with E-state index in [-0.39, 0.29) is 11.3 Å². The molecule has 0 bridgehead atoms. The number of halogens is 3. The Balaban J connectivity index is 1.86. The topological polar surface area (TPSA) is 30.0 Å². The number of ketones is 1. The van der Waals surface area contributed by atoms with Gasteiger partial charge in [0.15, 0.2) is 5.78 Å². The monoisotopic (exact) mass is 377 g/mol. The maximum atomic E-state index is 13.1. The van der Waals surface area contributed by atoms with Crippen molar-refractivity contribution in [2.75, 3.05) is 0 Å². The first-order valence-electron chi connectivity index (χ1n) is 8.61. The van der Waals surface area contributed by atoms with Gasteiger partial charge >= 0.3 is 6.18 Å². The summed E-state index contributed by atoms with van der Waals surface area (Å²) in [5.41, 5.74) is 1.76. The second-order valence-electron chi connectivity index (χ2n) is 6.35. The molecule has 0 saturated heterocycles. The van der Waals surface area contributed by atoms with Crippen molar-refractivity contribution in [3.8, 4) is 11.3 Å². The number of aromatic nitrogens is 1. The lowest BCUT2D eigenvalue weighted by molar-refractivity contribution is -0.137. The van der Waals surface area contributed by atoms with E-state index < -0.39 is 11.7 Å². The van der Waals surface area contributed by atoms with E-state index in [0.717, 1.165) is 28.6 Å². The van der Waals surface area contributed by atoms with E-state index in [2.05, 4.69) is 4.98 Å². The van der Waals surface area contributed by atoms with Gasteiger partial charge in [0.25, 0.3) is 0 Å². The van der Waals surface area contributed by atoms with Crippen LogP contribution in [0.4, 0.5) is 13.2 Å². The molecular formula is C23H14F3NO. The average molecular weight is 377 g/mol. The third-order valence-corrected chi connectivity index (χ3v) is 4.49. The molecule has 5 heteroatoms. The van der Waals surface area contributed by atoms with Crippen LogP contribution in [0.1, 0.15) is 21.5 Å². The molecule has 1 aromatic heterocycles. The molecular weight excluding hydrogens is 363 g/mol. The van der Waals surface area contributed by atoms with Gasteiger partial charge < -0.3 is 0 Å². The Morgan fingerprint density at radius 1 is 0.786 bits per heavy atom. The number of carbonyl (C=O) groups is 1. The van der Waals surface area contributed by atoms with Crippen molar-refractivity contribution in [2.24, 2.45) is 0 Å². The van der Waals surface area contributed by atoms with Crippen LogP contribution in [0.15, 0.2) is 84.9 Å². The third kappa shape index (κ3) is 3.39. The zero-order valence-corrected chi connectivity index (χ0v) is 14.6. The summed E-state index contributed by atoms with van der Waals surface area (Å²) in [6.07, 6.45) is -4.44. The molecule has 1 heterocycles. The molecule has 28 heavy (non-hydrogen) atoms. The average Bonchev–Trinajstić information content (AvgIpc) is 2.72. The number of fused-ring (bicyclic) bond motifs is 1. The summed E-state index contributed by atoms with van der Waals surface area (Å²) in [5.74, 6) is -0.370. The SMILES string of the molecule is O=C(c1ccc(C(F)(F)F)cc1)c1cc2ccccc2nc1-c1ccccc1. The Hall–Kier alpha value is -3.47. The summed E-state index contributed by atoms with van der Waals surface area (Å²) >= 11 is 0. The number of hydrogen-bond donors (Lipinski definition) is 0. The third-order valence-electron chi connectivity index (χ3n) is 4.49. The molecule has 0 N–H and O–H groups in total. The van der Waals surface area contributed by atoms with Gasteiger partial charge in [0.1, 0.15) is 0 Å². The van der Waals surface area contributed by atoms with Crippen LogP contribution < -0.4 is 0 Å². The van der Waals surface area contributed by atoms with Crippen molar-refractivity contribution in [1.29, 1.82) is 0 Å². The first-order valence-corrected chi connectivity index (χ1v) is 8.61. The fraction of sp³-hybridized carbons (Fsp3) is 0.0435. The zero-order valence-electron chi connectivity index (χ0n) is 14.6. The number of pyridine rings is 1. The van der Waals surface area contributed by atoms with Gasteiger partial charge in [-0.05, 0) is 24.3 Å². The number of alkyl halides is 3. The highest BCUT2D eigenvalue weighted by atomic mass is 19.4. The number of para-hydroxylation sites is 1. The molecule has 0 spiro atoms. The summed E-state index contributed by atoms with van der Waals surface area (Å²) in [6, 6.07) is 22.7. The summed E-state index contributed by atoms with van der Waals surface area (Å²) in [6.45, 7) is 0. The summed E-state index contributed by atoms with van der Waals surface area (Å²) in [5, 5.41) is 0.789. The molecule has 0 unspecified atom stereocenters. The van der Waals surface area contributed by atoms with Gasteiger partial charge in [-0.1, -0.05) is 60.7 Å². The van der Waals surface area contributed by atoms with Gasteiger partial charge in [-0.2, -0.15) is 13.2 Å². The molecule has 0 saturated carbocycles. The predicted octanol–water partition coefficient (Wildman–Crippen LogP) is 6.15. The van der Waals surface area contributed by atoms with Crippen LogP contribution in [-0.4, -0.2) is 10.8 Å². The standard InChI is InChI=1S/C23H14F3NO/c24-23(25,26)18-12-10-16(11-13-18)22(28)19-14-17-8-4-5-9-20(17)27-21(19)15-6-2-1-3-7-15/h1-14H. The molecule has 3 aromatic carbocycles.